The molecular weight excluding hydrogens is 180 g/mol. The van der Waals surface area contributed by atoms with E-state index in [1.54, 1.807) is 0 Å². The Kier molecular flexibility index (Phi) is 4.90. The number of carboxylic acid groups (broad SMARTS) is 1. The van der Waals surface area contributed by atoms with Gasteiger partial charge in [0.2, 0.25) is 0 Å². The van der Waals surface area contributed by atoms with E-state index in [1.807, 2.05) is 0 Å². The van der Waals surface area contributed by atoms with E-state index >= 15 is 0 Å². The van der Waals surface area contributed by atoms with Crippen LogP contribution in [-0.2, 0) is 4.79 Å². The highest BCUT2D eigenvalue weighted by Gasteiger charge is 2.16. The van der Waals surface area contributed by atoms with Crippen molar-refractivity contribution in [3.05, 3.63) is 0 Å². The lowest BCUT2D eigenvalue weighted by Gasteiger charge is -2.17. The fraction of sp³-hybridized carbons (Fsp3) is 0.900. The molecule has 14 heavy (non-hydrogen) atoms. The van der Waals surface area contributed by atoms with Crippen LogP contribution in [0.15, 0.2) is 0 Å². The van der Waals surface area contributed by atoms with Crippen LogP contribution < -0.4 is 10.6 Å². The molecule has 1 saturated heterocycles. The molecule has 0 aromatic heterocycles. The second-order valence-electron chi connectivity index (χ2n) is 4.03. The molecule has 0 spiro atoms. The van der Waals surface area contributed by atoms with Gasteiger partial charge in [-0.15, -0.1) is 0 Å². The van der Waals surface area contributed by atoms with Crippen molar-refractivity contribution in [1.29, 1.82) is 0 Å². The maximum atomic E-state index is 10.3. The van der Waals surface area contributed by atoms with Gasteiger partial charge in [0, 0.05) is 18.6 Å². The van der Waals surface area contributed by atoms with Gasteiger partial charge < -0.3 is 15.7 Å². The Hall–Kier alpha value is -0.610. The molecule has 4 nitrogen and oxygen atoms in total. The largest absolute Gasteiger partial charge is 0.481 e. The minimum Gasteiger partial charge on any atom is -0.481 e. The van der Waals surface area contributed by atoms with Gasteiger partial charge in [0.05, 0.1) is 6.42 Å². The van der Waals surface area contributed by atoms with Gasteiger partial charge in [0.25, 0.3) is 0 Å². The van der Waals surface area contributed by atoms with Gasteiger partial charge in [0.15, 0.2) is 0 Å². The van der Waals surface area contributed by atoms with Gasteiger partial charge in [-0.1, -0.05) is 0 Å². The van der Waals surface area contributed by atoms with Gasteiger partial charge in [-0.05, 0) is 32.7 Å². The zero-order valence-corrected chi connectivity index (χ0v) is 8.75. The first-order chi connectivity index (χ1) is 6.68. The molecule has 0 aromatic carbocycles. The van der Waals surface area contributed by atoms with E-state index in [9.17, 15) is 4.79 Å². The van der Waals surface area contributed by atoms with E-state index < -0.39 is 5.97 Å². The van der Waals surface area contributed by atoms with Crippen molar-refractivity contribution in [2.24, 2.45) is 0 Å². The highest BCUT2D eigenvalue weighted by Crippen LogP contribution is 2.10. The number of carboxylic acids is 1. The van der Waals surface area contributed by atoms with Crippen LogP contribution >= 0.6 is 0 Å². The summed E-state index contributed by atoms with van der Waals surface area (Å²) in [5.41, 5.74) is 0. The maximum Gasteiger partial charge on any atom is 0.304 e. The summed E-state index contributed by atoms with van der Waals surface area (Å²) in [7, 11) is 0. The van der Waals surface area contributed by atoms with Gasteiger partial charge >= 0.3 is 5.97 Å². The summed E-state index contributed by atoms with van der Waals surface area (Å²) in [5.74, 6) is -0.733. The van der Waals surface area contributed by atoms with Crippen molar-refractivity contribution in [2.45, 2.75) is 44.7 Å². The SMILES string of the molecule is CC(CC1CCCN1)NCCC(=O)O. The molecule has 0 saturated carbocycles. The lowest BCUT2D eigenvalue weighted by molar-refractivity contribution is -0.136. The van der Waals surface area contributed by atoms with Crippen molar-refractivity contribution < 1.29 is 9.90 Å². The van der Waals surface area contributed by atoms with Crippen LogP contribution in [0.4, 0.5) is 0 Å². The molecule has 0 radical (unpaired) electrons. The Morgan fingerprint density at radius 1 is 1.71 bits per heavy atom. The minimum absolute atomic E-state index is 0.211. The third-order valence-corrected chi connectivity index (χ3v) is 2.63. The zero-order valence-electron chi connectivity index (χ0n) is 8.75. The normalized spacial score (nSPS) is 23.6. The molecule has 1 aliphatic rings. The molecule has 0 amide bonds. The third kappa shape index (κ3) is 4.58. The van der Waals surface area contributed by atoms with E-state index in [0.29, 0.717) is 18.6 Å². The van der Waals surface area contributed by atoms with Crippen LogP contribution in [0.1, 0.15) is 32.6 Å². The van der Waals surface area contributed by atoms with Crippen LogP contribution in [0, 0.1) is 0 Å². The maximum absolute atomic E-state index is 10.3. The molecule has 1 aliphatic heterocycles. The summed E-state index contributed by atoms with van der Waals surface area (Å²) in [6.07, 6.45) is 3.83. The Morgan fingerprint density at radius 2 is 2.50 bits per heavy atom. The van der Waals surface area contributed by atoms with Crippen molar-refractivity contribution >= 4 is 5.97 Å². The van der Waals surface area contributed by atoms with Crippen LogP contribution in [-0.4, -0.2) is 36.2 Å². The molecule has 4 heteroatoms. The van der Waals surface area contributed by atoms with Crippen LogP contribution in [0.2, 0.25) is 0 Å². The molecule has 0 aliphatic carbocycles. The fourth-order valence-corrected chi connectivity index (χ4v) is 1.89. The van der Waals surface area contributed by atoms with E-state index in [2.05, 4.69) is 17.6 Å². The Bertz CT molecular complexity index is 179. The van der Waals surface area contributed by atoms with Crippen molar-refractivity contribution in [3.63, 3.8) is 0 Å². The van der Waals surface area contributed by atoms with E-state index in [1.165, 1.54) is 12.8 Å². The summed E-state index contributed by atoms with van der Waals surface area (Å²) >= 11 is 0. The summed E-state index contributed by atoms with van der Waals surface area (Å²) in [4.78, 5) is 10.3. The van der Waals surface area contributed by atoms with Crippen LogP contribution in [0.5, 0.6) is 0 Å². The first kappa shape index (κ1) is 11.5. The average molecular weight is 200 g/mol. The van der Waals surface area contributed by atoms with Gasteiger partial charge in [-0.2, -0.15) is 0 Å². The quantitative estimate of drug-likeness (QED) is 0.587. The number of hydrogen-bond donors (Lipinski definition) is 3. The molecule has 0 aromatic rings. The average Bonchev–Trinajstić information content (AvgIpc) is 2.56. The summed E-state index contributed by atoms with van der Waals surface area (Å²) in [6, 6.07) is 1.03. The van der Waals surface area contributed by atoms with Crippen molar-refractivity contribution in [3.8, 4) is 0 Å². The minimum atomic E-state index is -0.733. The van der Waals surface area contributed by atoms with Gasteiger partial charge in [0.1, 0.15) is 0 Å². The zero-order chi connectivity index (χ0) is 10.4. The number of nitrogens with one attached hydrogen (secondary N) is 2. The second kappa shape index (κ2) is 5.98. The molecule has 82 valence electrons. The second-order valence-corrected chi connectivity index (χ2v) is 4.03. The van der Waals surface area contributed by atoms with Crippen LogP contribution in [0.3, 0.4) is 0 Å². The predicted molar refractivity (Wildman–Crippen MR) is 55.4 cm³/mol. The molecule has 1 rings (SSSR count). The number of aliphatic carboxylic acids is 1. The molecule has 2 unspecified atom stereocenters. The standard InChI is InChI=1S/C10H20N2O2/c1-8(11-6-4-10(13)14)7-9-3-2-5-12-9/h8-9,11-12H,2-7H2,1H3,(H,13,14). The number of rotatable bonds is 6. The lowest BCUT2D eigenvalue weighted by atomic mass is 10.1. The predicted octanol–water partition coefficient (Wildman–Crippen LogP) is 0.581. The van der Waals surface area contributed by atoms with E-state index in [0.717, 1.165) is 13.0 Å². The topological polar surface area (TPSA) is 61.4 Å². The van der Waals surface area contributed by atoms with Crippen molar-refractivity contribution in [2.75, 3.05) is 13.1 Å². The fourth-order valence-electron chi connectivity index (χ4n) is 1.89. The Morgan fingerprint density at radius 3 is 3.07 bits per heavy atom. The van der Waals surface area contributed by atoms with Crippen LogP contribution in [0.25, 0.3) is 0 Å². The number of carbonyl (C=O) groups is 1. The molecule has 2 atom stereocenters. The van der Waals surface area contributed by atoms with Crippen molar-refractivity contribution in [1.82, 2.24) is 10.6 Å². The molecule has 0 bridgehead atoms. The molecule has 1 heterocycles. The highest BCUT2D eigenvalue weighted by atomic mass is 16.4. The lowest BCUT2D eigenvalue weighted by Crippen LogP contribution is -2.34. The summed E-state index contributed by atoms with van der Waals surface area (Å²) in [6.45, 7) is 3.82. The Labute approximate surface area is 85.1 Å². The summed E-state index contributed by atoms with van der Waals surface area (Å²) in [5, 5.41) is 15.1. The molecular formula is C10H20N2O2. The third-order valence-electron chi connectivity index (χ3n) is 2.63. The number of hydrogen-bond acceptors (Lipinski definition) is 3. The highest BCUT2D eigenvalue weighted by molar-refractivity contribution is 5.66. The molecule has 3 N–H and O–H groups in total. The monoisotopic (exact) mass is 200 g/mol. The molecule has 1 fully saturated rings. The van der Waals surface area contributed by atoms with Gasteiger partial charge in [-0.3, -0.25) is 4.79 Å². The van der Waals surface area contributed by atoms with E-state index in [-0.39, 0.29) is 6.42 Å². The summed E-state index contributed by atoms with van der Waals surface area (Å²) < 4.78 is 0. The first-order valence-corrected chi connectivity index (χ1v) is 5.37. The Balaban J connectivity index is 2.03. The first-order valence-electron chi connectivity index (χ1n) is 5.37. The smallest absolute Gasteiger partial charge is 0.304 e. The van der Waals surface area contributed by atoms with Gasteiger partial charge in [-0.25, -0.2) is 0 Å². The van der Waals surface area contributed by atoms with E-state index in [4.69, 9.17) is 5.11 Å².